The zero-order valence-electron chi connectivity index (χ0n) is 7.25. The molecular formula is C8H14N2OS. The molecule has 1 saturated heterocycles. The highest BCUT2D eigenvalue weighted by Gasteiger charge is 2.27. The predicted octanol–water partition coefficient (Wildman–Crippen LogP) is 0.674. The average Bonchev–Trinajstić information content (AvgIpc) is 2.38. The normalized spacial score (nSPS) is 19.8. The summed E-state index contributed by atoms with van der Waals surface area (Å²) in [6.45, 7) is 2.81. The first kappa shape index (κ1) is 9.45. The summed E-state index contributed by atoms with van der Waals surface area (Å²) in [5.74, 6) is 0.189. The summed E-state index contributed by atoms with van der Waals surface area (Å²) in [6.07, 6.45) is 2.41. The van der Waals surface area contributed by atoms with Gasteiger partial charge in [-0.15, -0.1) is 0 Å². The van der Waals surface area contributed by atoms with E-state index in [0.717, 1.165) is 19.4 Å². The van der Waals surface area contributed by atoms with Crippen LogP contribution in [-0.2, 0) is 4.79 Å². The van der Waals surface area contributed by atoms with E-state index in [9.17, 15) is 4.79 Å². The molecule has 0 unspecified atom stereocenters. The van der Waals surface area contributed by atoms with Gasteiger partial charge in [-0.05, 0) is 12.8 Å². The fourth-order valence-corrected chi connectivity index (χ4v) is 1.87. The summed E-state index contributed by atoms with van der Waals surface area (Å²) in [5, 5.41) is 0. The van der Waals surface area contributed by atoms with Gasteiger partial charge in [-0.1, -0.05) is 19.1 Å². The van der Waals surface area contributed by atoms with Crippen LogP contribution >= 0.6 is 12.2 Å². The summed E-state index contributed by atoms with van der Waals surface area (Å²) < 4.78 is 0. The van der Waals surface area contributed by atoms with E-state index in [4.69, 9.17) is 18.0 Å². The third kappa shape index (κ3) is 1.75. The Morgan fingerprint density at radius 1 is 1.83 bits per heavy atom. The number of amides is 1. The van der Waals surface area contributed by atoms with E-state index in [1.807, 2.05) is 6.92 Å². The predicted molar refractivity (Wildman–Crippen MR) is 51.8 cm³/mol. The number of nitrogens with zero attached hydrogens (tertiary/aromatic N) is 1. The number of hydrogen-bond donors (Lipinski definition) is 1. The van der Waals surface area contributed by atoms with Crippen LogP contribution in [0.3, 0.4) is 0 Å². The van der Waals surface area contributed by atoms with Crippen molar-refractivity contribution < 1.29 is 4.79 Å². The zero-order valence-corrected chi connectivity index (χ0v) is 8.06. The van der Waals surface area contributed by atoms with Gasteiger partial charge < -0.3 is 10.6 Å². The minimum absolute atomic E-state index is 0.0185. The van der Waals surface area contributed by atoms with Crippen molar-refractivity contribution in [2.45, 2.75) is 32.2 Å². The Morgan fingerprint density at radius 2 is 2.50 bits per heavy atom. The van der Waals surface area contributed by atoms with Gasteiger partial charge in [0, 0.05) is 13.0 Å². The second-order valence-corrected chi connectivity index (χ2v) is 3.49. The first-order valence-corrected chi connectivity index (χ1v) is 4.66. The largest absolute Gasteiger partial charge is 0.392 e. The number of likely N-dealkylation sites (tertiary alicyclic amines) is 1. The Morgan fingerprint density at radius 3 is 2.83 bits per heavy atom. The van der Waals surface area contributed by atoms with Crippen molar-refractivity contribution in [2.24, 2.45) is 5.73 Å². The monoisotopic (exact) mass is 186 g/mol. The topological polar surface area (TPSA) is 46.3 Å². The van der Waals surface area contributed by atoms with E-state index < -0.39 is 0 Å². The fraction of sp³-hybridized carbons (Fsp3) is 0.750. The van der Waals surface area contributed by atoms with Gasteiger partial charge in [0.15, 0.2) is 0 Å². The molecule has 0 bridgehead atoms. The van der Waals surface area contributed by atoms with Gasteiger partial charge >= 0.3 is 0 Å². The molecule has 0 spiro atoms. The number of rotatable bonds is 3. The van der Waals surface area contributed by atoms with Crippen molar-refractivity contribution in [2.75, 3.05) is 6.54 Å². The van der Waals surface area contributed by atoms with E-state index >= 15 is 0 Å². The molecule has 1 heterocycles. The van der Waals surface area contributed by atoms with Crippen LogP contribution in [0.2, 0.25) is 0 Å². The van der Waals surface area contributed by atoms with Crippen molar-refractivity contribution in [1.82, 2.24) is 4.90 Å². The summed E-state index contributed by atoms with van der Waals surface area (Å²) in [4.78, 5) is 13.5. The number of carbonyl (C=O) groups is 1. The minimum atomic E-state index is -0.0185. The first-order valence-electron chi connectivity index (χ1n) is 4.25. The van der Waals surface area contributed by atoms with E-state index in [2.05, 4.69) is 0 Å². The number of hydrogen-bond acceptors (Lipinski definition) is 2. The molecule has 4 heteroatoms. The van der Waals surface area contributed by atoms with Crippen LogP contribution in [0.15, 0.2) is 0 Å². The van der Waals surface area contributed by atoms with Crippen molar-refractivity contribution in [3.8, 4) is 0 Å². The Labute approximate surface area is 77.9 Å². The maximum absolute atomic E-state index is 11.3. The van der Waals surface area contributed by atoms with Gasteiger partial charge in [0.1, 0.15) is 0 Å². The lowest BCUT2D eigenvalue weighted by Crippen LogP contribution is -2.43. The van der Waals surface area contributed by atoms with Gasteiger partial charge in [0.25, 0.3) is 0 Å². The lowest BCUT2D eigenvalue weighted by atomic mass is 10.2. The third-order valence-electron chi connectivity index (χ3n) is 2.20. The molecule has 0 aliphatic carbocycles. The van der Waals surface area contributed by atoms with Crippen LogP contribution in [0, 0.1) is 0 Å². The highest BCUT2D eigenvalue weighted by molar-refractivity contribution is 7.80. The summed E-state index contributed by atoms with van der Waals surface area (Å²) in [7, 11) is 0. The van der Waals surface area contributed by atoms with Gasteiger partial charge in [-0.25, -0.2) is 0 Å². The summed E-state index contributed by atoms with van der Waals surface area (Å²) in [6, 6.07) is -0.0185. The molecule has 68 valence electrons. The number of thiocarbonyl (C=S) groups is 1. The molecule has 0 aromatic rings. The lowest BCUT2D eigenvalue weighted by Gasteiger charge is -2.25. The van der Waals surface area contributed by atoms with Crippen LogP contribution in [0.1, 0.15) is 26.2 Å². The molecule has 0 aromatic carbocycles. The van der Waals surface area contributed by atoms with Crippen molar-refractivity contribution in [3.05, 3.63) is 0 Å². The second-order valence-electron chi connectivity index (χ2n) is 3.02. The van der Waals surface area contributed by atoms with E-state index in [1.165, 1.54) is 0 Å². The highest BCUT2D eigenvalue weighted by Crippen LogP contribution is 2.15. The molecule has 2 N–H and O–H groups in total. The smallest absolute Gasteiger partial charge is 0.223 e. The minimum Gasteiger partial charge on any atom is -0.392 e. The summed E-state index contributed by atoms with van der Waals surface area (Å²) >= 11 is 4.89. The average molecular weight is 186 g/mol. The van der Waals surface area contributed by atoms with Gasteiger partial charge in [-0.3, -0.25) is 4.79 Å². The van der Waals surface area contributed by atoms with Gasteiger partial charge in [0.2, 0.25) is 5.91 Å². The summed E-state index contributed by atoms with van der Waals surface area (Å²) in [5.41, 5.74) is 5.53. The molecule has 1 rings (SSSR count). The van der Waals surface area contributed by atoms with Gasteiger partial charge in [0.05, 0.1) is 11.0 Å². The fourth-order valence-electron chi connectivity index (χ4n) is 1.57. The van der Waals surface area contributed by atoms with Gasteiger partial charge in [-0.2, -0.15) is 0 Å². The maximum Gasteiger partial charge on any atom is 0.223 e. The van der Waals surface area contributed by atoms with Crippen LogP contribution in [-0.4, -0.2) is 28.4 Å². The highest BCUT2D eigenvalue weighted by atomic mass is 32.1. The Kier molecular flexibility index (Phi) is 3.03. The SMILES string of the molecule is CC[C@H](C(N)=S)N1CCCC1=O. The molecule has 1 atom stereocenters. The number of carbonyl (C=O) groups excluding carboxylic acids is 1. The lowest BCUT2D eigenvalue weighted by molar-refractivity contribution is -0.128. The molecule has 3 nitrogen and oxygen atoms in total. The standard InChI is InChI=1S/C8H14N2OS/c1-2-6(8(9)12)10-5-3-4-7(10)11/h6H,2-5H2,1H3,(H2,9,12)/t6-/m1/s1. The van der Waals surface area contributed by atoms with Crippen LogP contribution in [0.4, 0.5) is 0 Å². The van der Waals surface area contributed by atoms with Crippen molar-refractivity contribution in [3.63, 3.8) is 0 Å². The molecule has 1 fully saturated rings. The molecule has 1 amide bonds. The van der Waals surface area contributed by atoms with E-state index in [-0.39, 0.29) is 11.9 Å². The Balaban J connectivity index is 2.65. The number of nitrogens with two attached hydrogens (primary N) is 1. The van der Waals surface area contributed by atoms with E-state index in [1.54, 1.807) is 4.90 Å². The maximum atomic E-state index is 11.3. The Hall–Kier alpha value is -0.640. The van der Waals surface area contributed by atoms with Crippen LogP contribution < -0.4 is 5.73 Å². The molecule has 0 radical (unpaired) electrons. The third-order valence-corrected chi connectivity index (χ3v) is 2.47. The van der Waals surface area contributed by atoms with Crippen LogP contribution in [0.25, 0.3) is 0 Å². The molecule has 0 saturated carbocycles. The van der Waals surface area contributed by atoms with Crippen molar-refractivity contribution in [1.29, 1.82) is 0 Å². The molecular weight excluding hydrogens is 172 g/mol. The molecule has 0 aromatic heterocycles. The molecule has 1 aliphatic rings. The first-order chi connectivity index (χ1) is 5.66. The molecule has 1 aliphatic heterocycles. The Bertz CT molecular complexity index is 205. The van der Waals surface area contributed by atoms with E-state index in [0.29, 0.717) is 11.4 Å². The zero-order chi connectivity index (χ0) is 9.14. The van der Waals surface area contributed by atoms with Crippen LogP contribution in [0.5, 0.6) is 0 Å². The quantitative estimate of drug-likeness (QED) is 0.659. The second kappa shape index (κ2) is 3.85. The molecule has 12 heavy (non-hydrogen) atoms. The van der Waals surface area contributed by atoms with Crippen molar-refractivity contribution >= 4 is 23.1 Å².